The Kier molecular flexibility index (Phi) is 5.75. The third kappa shape index (κ3) is 4.56. The number of carbonyl (C=O) groups excluding carboxylic acids is 2. The molecule has 2 aromatic carbocycles. The van der Waals surface area contributed by atoms with Crippen molar-refractivity contribution in [2.45, 2.75) is 45.6 Å². The van der Waals surface area contributed by atoms with E-state index in [1.165, 1.54) is 11.1 Å². The van der Waals surface area contributed by atoms with Crippen molar-refractivity contribution in [2.75, 3.05) is 13.1 Å². The smallest absolute Gasteiger partial charge is 0.255 e. The Morgan fingerprint density at radius 3 is 2.33 bits per heavy atom. The molecule has 2 aliphatic rings. The molecule has 0 unspecified atom stereocenters. The zero-order valence-corrected chi connectivity index (χ0v) is 19.3. The number of aromatic nitrogens is 2. The van der Waals surface area contributed by atoms with Crippen LogP contribution in [0.4, 0.5) is 0 Å². The standard InChI is InChI=1S/C27H30N4O2/c1-18-8-9-21(16-19(18)2)25-24(17-31(29-25)23-6-4-3-5-7-23)26(32)28-22-12-14-30(15-13-22)27(33)20-10-11-20/h3-9,16-17,20,22H,10-15H2,1-2H3,(H,28,32). The number of piperidine rings is 1. The topological polar surface area (TPSA) is 67.2 Å². The molecule has 2 heterocycles. The van der Waals surface area contributed by atoms with Gasteiger partial charge < -0.3 is 10.2 Å². The summed E-state index contributed by atoms with van der Waals surface area (Å²) in [5.74, 6) is 0.429. The van der Waals surface area contributed by atoms with E-state index in [2.05, 4.69) is 31.3 Å². The second kappa shape index (κ2) is 8.85. The normalized spacial score (nSPS) is 16.6. The molecule has 0 bridgehead atoms. The molecule has 0 radical (unpaired) electrons. The maximum atomic E-state index is 13.4. The van der Waals surface area contributed by atoms with Gasteiger partial charge in [0.2, 0.25) is 5.91 Å². The van der Waals surface area contributed by atoms with Crippen molar-refractivity contribution in [1.82, 2.24) is 20.0 Å². The van der Waals surface area contributed by atoms with Crippen LogP contribution in [0.2, 0.25) is 0 Å². The lowest BCUT2D eigenvalue weighted by Crippen LogP contribution is -2.47. The van der Waals surface area contributed by atoms with Crippen LogP contribution in [0.15, 0.2) is 54.7 Å². The van der Waals surface area contributed by atoms with Gasteiger partial charge in [-0.05, 0) is 68.9 Å². The van der Waals surface area contributed by atoms with Gasteiger partial charge in [0.15, 0.2) is 0 Å². The van der Waals surface area contributed by atoms with Crippen LogP contribution in [-0.4, -0.2) is 45.6 Å². The molecule has 5 rings (SSSR count). The van der Waals surface area contributed by atoms with Gasteiger partial charge in [0.1, 0.15) is 5.69 Å². The van der Waals surface area contributed by atoms with Crippen molar-refractivity contribution in [3.8, 4) is 16.9 Å². The molecule has 1 N–H and O–H groups in total. The molecule has 2 amide bonds. The highest BCUT2D eigenvalue weighted by Crippen LogP contribution is 2.32. The monoisotopic (exact) mass is 442 g/mol. The number of hydrogen-bond donors (Lipinski definition) is 1. The predicted molar refractivity (Wildman–Crippen MR) is 128 cm³/mol. The van der Waals surface area contributed by atoms with Crippen LogP contribution in [0, 0.1) is 19.8 Å². The lowest BCUT2D eigenvalue weighted by atomic mass is 10.0. The number of rotatable bonds is 5. The van der Waals surface area contributed by atoms with Gasteiger partial charge in [-0.15, -0.1) is 0 Å². The highest BCUT2D eigenvalue weighted by molar-refractivity contribution is 6.00. The molecule has 1 aromatic heterocycles. The fraction of sp³-hybridized carbons (Fsp3) is 0.370. The van der Waals surface area contributed by atoms with E-state index in [-0.39, 0.29) is 17.9 Å². The average molecular weight is 443 g/mol. The van der Waals surface area contributed by atoms with Gasteiger partial charge in [-0.2, -0.15) is 5.10 Å². The maximum absolute atomic E-state index is 13.4. The second-order valence-electron chi connectivity index (χ2n) is 9.32. The van der Waals surface area contributed by atoms with Crippen LogP contribution in [-0.2, 0) is 4.79 Å². The highest BCUT2D eigenvalue weighted by atomic mass is 16.2. The minimum absolute atomic E-state index is 0.0634. The molecular formula is C27H30N4O2. The van der Waals surface area contributed by atoms with Gasteiger partial charge in [-0.1, -0.05) is 30.3 Å². The number of amides is 2. The number of carbonyl (C=O) groups is 2. The van der Waals surface area contributed by atoms with Crippen LogP contribution in [0.1, 0.15) is 47.2 Å². The van der Waals surface area contributed by atoms with Crippen molar-refractivity contribution in [3.63, 3.8) is 0 Å². The molecule has 1 aliphatic carbocycles. The molecule has 6 heteroatoms. The summed E-state index contributed by atoms with van der Waals surface area (Å²) in [7, 11) is 0. The summed E-state index contributed by atoms with van der Waals surface area (Å²) >= 11 is 0. The molecule has 1 aliphatic heterocycles. The summed E-state index contributed by atoms with van der Waals surface area (Å²) in [6, 6.07) is 16.1. The summed E-state index contributed by atoms with van der Waals surface area (Å²) in [6.45, 7) is 5.58. The lowest BCUT2D eigenvalue weighted by Gasteiger charge is -2.32. The van der Waals surface area contributed by atoms with Crippen LogP contribution in [0.5, 0.6) is 0 Å². The number of hydrogen-bond acceptors (Lipinski definition) is 3. The van der Waals surface area contributed by atoms with Crippen LogP contribution >= 0.6 is 0 Å². The van der Waals surface area contributed by atoms with E-state index in [1.54, 1.807) is 4.68 Å². The summed E-state index contributed by atoms with van der Waals surface area (Å²) < 4.78 is 1.77. The summed E-state index contributed by atoms with van der Waals surface area (Å²) in [5.41, 5.74) is 5.47. The first-order chi connectivity index (χ1) is 16.0. The first-order valence-electron chi connectivity index (χ1n) is 11.8. The molecule has 170 valence electrons. The van der Waals surface area contributed by atoms with Crippen molar-refractivity contribution in [2.24, 2.45) is 5.92 Å². The van der Waals surface area contributed by atoms with Crippen molar-refractivity contribution in [3.05, 3.63) is 71.4 Å². The largest absolute Gasteiger partial charge is 0.349 e. The first kappa shape index (κ1) is 21.4. The van der Waals surface area contributed by atoms with E-state index in [1.807, 2.05) is 47.5 Å². The van der Waals surface area contributed by atoms with E-state index in [9.17, 15) is 9.59 Å². The highest BCUT2D eigenvalue weighted by Gasteiger charge is 2.35. The molecule has 3 aromatic rings. The van der Waals surface area contributed by atoms with Crippen molar-refractivity contribution < 1.29 is 9.59 Å². The van der Waals surface area contributed by atoms with E-state index in [0.717, 1.165) is 36.9 Å². The summed E-state index contributed by atoms with van der Waals surface area (Å²) in [5, 5.41) is 8.01. The molecular weight excluding hydrogens is 412 g/mol. The van der Waals surface area contributed by atoms with Gasteiger partial charge in [0, 0.05) is 36.8 Å². The fourth-order valence-electron chi connectivity index (χ4n) is 4.45. The minimum Gasteiger partial charge on any atom is -0.349 e. The fourth-order valence-corrected chi connectivity index (χ4v) is 4.45. The number of para-hydroxylation sites is 1. The van der Waals surface area contributed by atoms with Crippen molar-refractivity contribution >= 4 is 11.8 Å². The van der Waals surface area contributed by atoms with Gasteiger partial charge in [0.25, 0.3) is 5.91 Å². The Bertz CT molecular complexity index is 1170. The van der Waals surface area contributed by atoms with Crippen LogP contribution < -0.4 is 5.32 Å². The van der Waals surface area contributed by atoms with Gasteiger partial charge in [0.05, 0.1) is 11.3 Å². The quantitative estimate of drug-likeness (QED) is 0.641. The predicted octanol–water partition coefficient (Wildman–Crippen LogP) is 4.29. The molecule has 1 saturated heterocycles. The number of likely N-dealkylation sites (tertiary alicyclic amines) is 1. The number of nitrogens with zero attached hydrogens (tertiary/aromatic N) is 3. The van der Waals surface area contributed by atoms with E-state index >= 15 is 0 Å². The third-order valence-corrected chi connectivity index (χ3v) is 6.83. The van der Waals surface area contributed by atoms with Crippen LogP contribution in [0.3, 0.4) is 0 Å². The third-order valence-electron chi connectivity index (χ3n) is 6.83. The van der Waals surface area contributed by atoms with Gasteiger partial charge >= 0.3 is 0 Å². The van der Waals surface area contributed by atoms with Crippen molar-refractivity contribution in [1.29, 1.82) is 0 Å². The molecule has 6 nitrogen and oxygen atoms in total. The first-order valence-corrected chi connectivity index (χ1v) is 11.8. The molecule has 2 fully saturated rings. The summed E-state index contributed by atoms with van der Waals surface area (Å²) in [6.07, 6.45) is 5.46. The Hall–Kier alpha value is -3.41. The minimum atomic E-state index is -0.114. The van der Waals surface area contributed by atoms with E-state index in [0.29, 0.717) is 30.3 Å². The Morgan fingerprint density at radius 2 is 1.67 bits per heavy atom. The summed E-state index contributed by atoms with van der Waals surface area (Å²) in [4.78, 5) is 27.7. The zero-order valence-electron chi connectivity index (χ0n) is 19.3. The number of benzene rings is 2. The number of aryl methyl sites for hydroxylation is 2. The Morgan fingerprint density at radius 1 is 0.939 bits per heavy atom. The number of nitrogens with one attached hydrogen (secondary N) is 1. The SMILES string of the molecule is Cc1ccc(-c2nn(-c3ccccc3)cc2C(=O)NC2CCN(C(=O)C3CC3)CC2)cc1C. The maximum Gasteiger partial charge on any atom is 0.255 e. The van der Waals surface area contributed by atoms with Gasteiger partial charge in [-0.25, -0.2) is 4.68 Å². The Balaban J connectivity index is 1.38. The molecule has 0 spiro atoms. The van der Waals surface area contributed by atoms with E-state index in [4.69, 9.17) is 5.10 Å². The molecule has 0 atom stereocenters. The Labute approximate surface area is 194 Å². The van der Waals surface area contributed by atoms with Crippen LogP contribution in [0.25, 0.3) is 16.9 Å². The van der Waals surface area contributed by atoms with E-state index < -0.39 is 0 Å². The molecule has 33 heavy (non-hydrogen) atoms. The second-order valence-corrected chi connectivity index (χ2v) is 9.32. The zero-order chi connectivity index (χ0) is 22.9. The molecule has 1 saturated carbocycles. The van der Waals surface area contributed by atoms with Gasteiger partial charge in [-0.3, -0.25) is 9.59 Å². The average Bonchev–Trinajstić information content (AvgIpc) is 3.59. The lowest BCUT2D eigenvalue weighted by molar-refractivity contribution is -0.133.